The van der Waals surface area contributed by atoms with Crippen LogP contribution in [0.3, 0.4) is 0 Å². The Morgan fingerprint density at radius 3 is 2.89 bits per heavy atom. The van der Waals surface area contributed by atoms with Crippen LogP contribution >= 0.6 is 11.8 Å². The lowest BCUT2D eigenvalue weighted by atomic mass is 10.2. The average Bonchev–Trinajstić information content (AvgIpc) is 2.36. The average molecular weight is 270 g/mol. The fraction of sp³-hybridized carbons (Fsp3) is 0.462. The van der Waals surface area contributed by atoms with Crippen LogP contribution in [0.1, 0.15) is 18.9 Å². The van der Waals surface area contributed by atoms with Gasteiger partial charge >= 0.3 is 0 Å². The summed E-state index contributed by atoms with van der Waals surface area (Å²) in [6.07, 6.45) is 0.894. The molecule has 0 spiro atoms. The monoisotopic (exact) mass is 270 g/mol. The van der Waals surface area contributed by atoms with Crippen LogP contribution in [-0.4, -0.2) is 23.5 Å². The summed E-state index contributed by atoms with van der Waals surface area (Å²) in [4.78, 5) is 11.6. The molecule has 0 fully saturated rings. The third kappa shape index (κ3) is 5.51. The molecule has 3 N–H and O–H groups in total. The Kier molecular flexibility index (Phi) is 6.75. The highest BCUT2D eigenvalue weighted by Gasteiger charge is 2.07. The van der Waals surface area contributed by atoms with Gasteiger partial charge in [-0.15, -0.1) is 11.8 Å². The summed E-state index contributed by atoms with van der Waals surface area (Å²) in [5.74, 6) is 0.0179. The molecule has 0 aliphatic heterocycles. The predicted octanol–water partition coefficient (Wildman–Crippen LogP) is 1.91. The van der Waals surface area contributed by atoms with Crippen molar-refractivity contribution in [1.29, 1.82) is 0 Å². The number of rotatable bonds is 7. The van der Waals surface area contributed by atoms with Gasteiger partial charge < -0.3 is 11.1 Å². The standard InChI is InChI=1S/C13H19FN2OS/c1-10(6-7-15)18-9-13(17)16-8-11-4-2-3-5-12(11)14/h2-5,10H,6-9,15H2,1H3,(H,16,17). The molecule has 1 aromatic carbocycles. The number of benzene rings is 1. The molecule has 1 aromatic rings. The molecule has 0 aromatic heterocycles. The maximum Gasteiger partial charge on any atom is 0.230 e. The van der Waals surface area contributed by atoms with Gasteiger partial charge in [-0.1, -0.05) is 25.1 Å². The number of nitrogens with one attached hydrogen (secondary N) is 1. The zero-order valence-electron chi connectivity index (χ0n) is 10.5. The Labute approximate surface area is 111 Å². The molecule has 0 aliphatic rings. The molecule has 0 aliphatic carbocycles. The van der Waals surface area contributed by atoms with E-state index in [-0.39, 0.29) is 18.3 Å². The van der Waals surface area contributed by atoms with Crippen LogP contribution in [0.5, 0.6) is 0 Å². The second-order valence-corrected chi connectivity index (χ2v) is 5.49. The predicted molar refractivity (Wildman–Crippen MR) is 73.8 cm³/mol. The summed E-state index contributed by atoms with van der Waals surface area (Å²) >= 11 is 1.56. The van der Waals surface area contributed by atoms with Crippen LogP contribution in [0.2, 0.25) is 0 Å². The van der Waals surface area contributed by atoms with Crippen LogP contribution < -0.4 is 11.1 Å². The maximum absolute atomic E-state index is 13.3. The fourth-order valence-electron chi connectivity index (χ4n) is 1.42. The zero-order valence-corrected chi connectivity index (χ0v) is 11.3. The molecule has 1 atom stereocenters. The van der Waals surface area contributed by atoms with E-state index in [1.165, 1.54) is 6.07 Å². The maximum atomic E-state index is 13.3. The third-order valence-corrected chi connectivity index (χ3v) is 3.74. The van der Waals surface area contributed by atoms with Gasteiger partial charge in [-0.2, -0.15) is 0 Å². The minimum atomic E-state index is -0.290. The Morgan fingerprint density at radius 1 is 1.50 bits per heavy atom. The molecule has 18 heavy (non-hydrogen) atoms. The number of hydrogen-bond donors (Lipinski definition) is 2. The van der Waals surface area contributed by atoms with E-state index in [9.17, 15) is 9.18 Å². The van der Waals surface area contributed by atoms with Gasteiger partial charge in [-0.25, -0.2) is 4.39 Å². The Hall–Kier alpha value is -1.07. The minimum absolute atomic E-state index is 0.0767. The number of nitrogens with two attached hydrogens (primary N) is 1. The van der Waals surface area contributed by atoms with Crippen LogP contribution in [-0.2, 0) is 11.3 Å². The molecular weight excluding hydrogens is 251 g/mol. The molecule has 1 unspecified atom stereocenters. The van der Waals surface area contributed by atoms with Crippen LogP contribution in [0.25, 0.3) is 0 Å². The van der Waals surface area contributed by atoms with E-state index in [2.05, 4.69) is 5.32 Å². The molecule has 1 amide bonds. The summed E-state index contributed by atoms with van der Waals surface area (Å²) in [6.45, 7) is 2.91. The van der Waals surface area contributed by atoms with Gasteiger partial charge in [-0.3, -0.25) is 4.79 Å². The first-order chi connectivity index (χ1) is 8.63. The van der Waals surface area contributed by atoms with Crippen molar-refractivity contribution in [3.63, 3.8) is 0 Å². The van der Waals surface area contributed by atoms with Gasteiger partial charge in [0.25, 0.3) is 0 Å². The highest BCUT2D eigenvalue weighted by atomic mass is 32.2. The molecule has 5 heteroatoms. The molecule has 3 nitrogen and oxygen atoms in total. The van der Waals surface area contributed by atoms with Gasteiger partial charge in [0, 0.05) is 17.4 Å². The summed E-state index contributed by atoms with van der Waals surface area (Å²) in [5, 5.41) is 3.08. The van der Waals surface area contributed by atoms with Crippen molar-refractivity contribution in [3.05, 3.63) is 35.6 Å². The molecule has 0 bridgehead atoms. The van der Waals surface area contributed by atoms with Crippen LogP contribution in [0.4, 0.5) is 4.39 Å². The van der Waals surface area contributed by atoms with Crippen molar-refractivity contribution in [3.8, 4) is 0 Å². The van der Waals surface area contributed by atoms with Gasteiger partial charge in [0.05, 0.1) is 5.75 Å². The summed E-state index contributed by atoms with van der Waals surface area (Å²) in [7, 11) is 0. The van der Waals surface area contributed by atoms with Gasteiger partial charge in [-0.05, 0) is 19.0 Å². The first-order valence-corrected chi connectivity index (χ1v) is 7.00. The fourth-order valence-corrected chi connectivity index (χ4v) is 2.26. The number of halogens is 1. The number of hydrogen-bond acceptors (Lipinski definition) is 3. The molecule has 100 valence electrons. The lowest BCUT2D eigenvalue weighted by molar-refractivity contribution is -0.118. The molecule has 0 saturated carbocycles. The van der Waals surface area contributed by atoms with Gasteiger partial charge in [0.2, 0.25) is 5.91 Å². The number of carbonyl (C=O) groups excluding carboxylic acids is 1. The SMILES string of the molecule is CC(CCN)SCC(=O)NCc1ccccc1F. The van der Waals surface area contributed by atoms with Crippen molar-refractivity contribution in [2.45, 2.75) is 25.1 Å². The number of amides is 1. The molecule has 1 rings (SSSR count). The molecular formula is C13H19FN2OS. The second kappa shape index (κ2) is 8.11. The lowest BCUT2D eigenvalue weighted by Gasteiger charge is -2.10. The van der Waals surface area contributed by atoms with E-state index in [0.29, 0.717) is 23.1 Å². The smallest absolute Gasteiger partial charge is 0.230 e. The van der Waals surface area contributed by atoms with E-state index >= 15 is 0 Å². The van der Waals surface area contributed by atoms with E-state index in [1.807, 2.05) is 6.92 Å². The van der Waals surface area contributed by atoms with Crippen molar-refractivity contribution in [2.75, 3.05) is 12.3 Å². The number of thioether (sulfide) groups is 1. The second-order valence-electron chi connectivity index (χ2n) is 4.07. The van der Waals surface area contributed by atoms with Crippen molar-refractivity contribution >= 4 is 17.7 Å². The highest BCUT2D eigenvalue weighted by molar-refractivity contribution is 8.00. The lowest BCUT2D eigenvalue weighted by Crippen LogP contribution is -2.26. The Morgan fingerprint density at radius 2 is 2.22 bits per heavy atom. The molecule has 0 saturated heterocycles. The molecule has 0 heterocycles. The summed E-state index contributed by atoms with van der Waals surface area (Å²) in [5.41, 5.74) is 5.94. The Balaban J connectivity index is 2.27. The molecule has 0 radical (unpaired) electrons. The normalized spacial score (nSPS) is 12.2. The van der Waals surface area contributed by atoms with E-state index in [4.69, 9.17) is 5.73 Å². The third-order valence-electron chi connectivity index (χ3n) is 2.51. The minimum Gasteiger partial charge on any atom is -0.351 e. The van der Waals surface area contributed by atoms with Crippen LogP contribution in [0.15, 0.2) is 24.3 Å². The summed E-state index contributed by atoms with van der Waals surface area (Å²) < 4.78 is 13.3. The van der Waals surface area contributed by atoms with Crippen LogP contribution in [0, 0.1) is 5.82 Å². The first kappa shape index (κ1) is 15.0. The van der Waals surface area contributed by atoms with Crippen molar-refractivity contribution < 1.29 is 9.18 Å². The zero-order chi connectivity index (χ0) is 13.4. The van der Waals surface area contributed by atoms with Gasteiger partial charge in [0.1, 0.15) is 5.82 Å². The van der Waals surface area contributed by atoms with E-state index in [0.717, 1.165) is 6.42 Å². The van der Waals surface area contributed by atoms with Gasteiger partial charge in [0.15, 0.2) is 0 Å². The largest absolute Gasteiger partial charge is 0.351 e. The van der Waals surface area contributed by atoms with E-state index < -0.39 is 0 Å². The Bertz CT molecular complexity index is 387. The quantitative estimate of drug-likeness (QED) is 0.796. The topological polar surface area (TPSA) is 55.1 Å². The van der Waals surface area contributed by atoms with E-state index in [1.54, 1.807) is 30.0 Å². The van der Waals surface area contributed by atoms with Crippen molar-refractivity contribution in [1.82, 2.24) is 5.32 Å². The highest BCUT2D eigenvalue weighted by Crippen LogP contribution is 2.12. The number of carbonyl (C=O) groups is 1. The van der Waals surface area contributed by atoms with Crippen molar-refractivity contribution in [2.24, 2.45) is 5.73 Å². The summed E-state index contributed by atoms with van der Waals surface area (Å²) in [6, 6.07) is 6.44. The first-order valence-electron chi connectivity index (χ1n) is 5.95.